The molecule has 0 saturated carbocycles. The van der Waals surface area contributed by atoms with Gasteiger partial charge in [-0.1, -0.05) is 12.5 Å². The second-order valence-electron chi connectivity index (χ2n) is 9.60. The Hall–Kier alpha value is -4.48. The van der Waals surface area contributed by atoms with Gasteiger partial charge in [0, 0.05) is 18.8 Å². The Morgan fingerprint density at radius 1 is 1.00 bits per heavy atom. The van der Waals surface area contributed by atoms with Crippen LogP contribution in [0.3, 0.4) is 0 Å². The van der Waals surface area contributed by atoms with E-state index in [0.29, 0.717) is 36.2 Å². The molecular formula is C28H27F3N6O4S. The number of hydrogen-bond donors (Lipinski definition) is 1. The zero-order chi connectivity index (χ0) is 30.7. The molecule has 4 aromatic rings. The number of benzene rings is 2. The molecule has 0 spiro atoms. The van der Waals surface area contributed by atoms with Crippen molar-refractivity contribution in [3.05, 3.63) is 98.5 Å². The maximum atomic E-state index is 13.8. The van der Waals surface area contributed by atoms with Crippen LogP contribution < -0.4 is 16.0 Å². The van der Waals surface area contributed by atoms with Crippen molar-refractivity contribution in [3.63, 3.8) is 0 Å². The largest absolute Gasteiger partial charge is 0.416 e. The molecule has 2 aromatic heterocycles. The fourth-order valence-electron chi connectivity index (χ4n) is 4.57. The maximum Gasteiger partial charge on any atom is 0.416 e. The summed E-state index contributed by atoms with van der Waals surface area (Å²) >= 11 is 0. The van der Waals surface area contributed by atoms with E-state index in [-0.39, 0.29) is 30.0 Å². The molecule has 0 aliphatic carbocycles. The highest BCUT2D eigenvalue weighted by molar-refractivity contribution is 7.88. The van der Waals surface area contributed by atoms with Crippen molar-refractivity contribution in [2.24, 2.45) is 0 Å². The SMILES string of the molecule is Cc1c(-c2ccnn2-c2ccc(C#N)cc2)c(=O)n(CCCCCNS(C)(=O)=O)c(=O)n1-c1cccc(C(F)(F)F)c1. The summed E-state index contributed by atoms with van der Waals surface area (Å²) in [5.41, 5.74) is -1.05. The van der Waals surface area contributed by atoms with Crippen LogP contribution in [0.1, 0.15) is 36.1 Å². The number of nitriles is 1. The Kier molecular flexibility index (Phi) is 8.83. The summed E-state index contributed by atoms with van der Waals surface area (Å²) in [4.78, 5) is 27.5. The number of rotatable bonds is 10. The normalized spacial score (nSPS) is 11.9. The summed E-state index contributed by atoms with van der Waals surface area (Å²) in [7, 11) is -3.36. The topological polar surface area (TPSA) is 132 Å². The molecule has 0 radical (unpaired) electrons. The first-order chi connectivity index (χ1) is 19.8. The fourth-order valence-corrected chi connectivity index (χ4v) is 5.09. The van der Waals surface area contributed by atoms with Gasteiger partial charge in [-0.15, -0.1) is 0 Å². The number of aromatic nitrogens is 4. The van der Waals surface area contributed by atoms with E-state index in [1.807, 2.05) is 6.07 Å². The van der Waals surface area contributed by atoms with Crippen LogP contribution in [0.15, 0.2) is 70.4 Å². The van der Waals surface area contributed by atoms with Gasteiger partial charge in [0.05, 0.1) is 52.3 Å². The summed E-state index contributed by atoms with van der Waals surface area (Å²) in [6.45, 7) is 1.62. The molecule has 0 fully saturated rings. The molecule has 0 atom stereocenters. The highest BCUT2D eigenvalue weighted by Gasteiger charge is 2.31. The number of alkyl halides is 3. The predicted octanol–water partition coefficient (Wildman–Crippen LogP) is 3.77. The molecule has 0 saturated heterocycles. The molecule has 1 N–H and O–H groups in total. The van der Waals surface area contributed by atoms with Crippen molar-refractivity contribution in [1.29, 1.82) is 5.26 Å². The van der Waals surface area contributed by atoms with Crippen LogP contribution in [0.25, 0.3) is 22.6 Å². The summed E-state index contributed by atoms with van der Waals surface area (Å²) < 4.78 is 69.1. The minimum absolute atomic E-state index is 0.0478. The zero-order valence-corrected chi connectivity index (χ0v) is 23.5. The molecule has 0 aliphatic heterocycles. The molecular weight excluding hydrogens is 573 g/mol. The first kappa shape index (κ1) is 30.5. The van der Waals surface area contributed by atoms with E-state index in [4.69, 9.17) is 5.26 Å². The third-order valence-corrected chi connectivity index (χ3v) is 7.30. The summed E-state index contributed by atoms with van der Waals surface area (Å²) in [5, 5.41) is 13.4. The standard InChI is InChI=1S/C28H27F3N6O4S/c1-19-25(24-13-15-33-37(24)22-11-9-20(18-32)10-12-22)26(38)35(16-5-3-4-14-34-42(2,40)41)27(39)36(19)23-8-6-7-21(17-23)28(29,30)31/h6-13,15,17,34H,3-5,14,16H2,1-2H3. The van der Waals surface area contributed by atoms with Crippen LogP contribution >= 0.6 is 0 Å². The van der Waals surface area contributed by atoms with Crippen LogP contribution in [-0.4, -0.2) is 40.1 Å². The monoisotopic (exact) mass is 600 g/mol. The Morgan fingerprint density at radius 3 is 2.36 bits per heavy atom. The summed E-state index contributed by atoms with van der Waals surface area (Å²) in [6, 6.07) is 14.3. The average Bonchev–Trinajstić information content (AvgIpc) is 3.40. The minimum Gasteiger partial charge on any atom is -0.268 e. The van der Waals surface area contributed by atoms with Crippen molar-refractivity contribution < 1.29 is 21.6 Å². The number of halogens is 3. The first-order valence-electron chi connectivity index (χ1n) is 12.9. The summed E-state index contributed by atoms with van der Waals surface area (Å²) in [5.74, 6) is 0. The second kappa shape index (κ2) is 12.2. The minimum atomic E-state index is -4.65. The Bertz CT molecular complexity index is 1870. The smallest absolute Gasteiger partial charge is 0.268 e. The molecule has 220 valence electrons. The highest BCUT2D eigenvalue weighted by atomic mass is 32.2. The number of nitrogens with zero attached hydrogens (tertiary/aromatic N) is 5. The van der Waals surface area contributed by atoms with E-state index in [0.717, 1.165) is 27.5 Å². The van der Waals surface area contributed by atoms with Crippen molar-refractivity contribution in [2.45, 2.75) is 38.9 Å². The average molecular weight is 601 g/mol. The molecule has 42 heavy (non-hydrogen) atoms. The predicted molar refractivity (Wildman–Crippen MR) is 150 cm³/mol. The van der Waals surface area contributed by atoms with Crippen LogP contribution in [0.4, 0.5) is 13.2 Å². The van der Waals surface area contributed by atoms with E-state index in [1.54, 1.807) is 30.3 Å². The van der Waals surface area contributed by atoms with E-state index in [2.05, 4.69) is 9.82 Å². The van der Waals surface area contributed by atoms with Gasteiger partial charge in [-0.3, -0.25) is 13.9 Å². The lowest BCUT2D eigenvalue weighted by Crippen LogP contribution is -2.41. The molecule has 14 heteroatoms. The quantitative estimate of drug-likeness (QED) is 0.276. The highest BCUT2D eigenvalue weighted by Crippen LogP contribution is 2.31. The Morgan fingerprint density at radius 2 is 1.71 bits per heavy atom. The van der Waals surface area contributed by atoms with E-state index in [9.17, 15) is 31.2 Å². The molecule has 4 rings (SSSR count). The Balaban J connectivity index is 1.85. The molecule has 0 unspecified atom stereocenters. The van der Waals surface area contributed by atoms with Gasteiger partial charge in [-0.05, 0) is 68.3 Å². The second-order valence-corrected chi connectivity index (χ2v) is 11.4. The third kappa shape index (κ3) is 6.69. The molecule has 0 amide bonds. The van der Waals surface area contributed by atoms with E-state index >= 15 is 0 Å². The lowest BCUT2D eigenvalue weighted by Gasteiger charge is -2.19. The zero-order valence-electron chi connectivity index (χ0n) is 22.7. The van der Waals surface area contributed by atoms with Gasteiger partial charge >= 0.3 is 11.9 Å². The van der Waals surface area contributed by atoms with E-state index < -0.39 is 33.0 Å². The maximum absolute atomic E-state index is 13.8. The lowest BCUT2D eigenvalue weighted by molar-refractivity contribution is -0.137. The van der Waals surface area contributed by atoms with Gasteiger partial charge in [-0.2, -0.15) is 23.5 Å². The van der Waals surface area contributed by atoms with Crippen molar-refractivity contribution in [2.75, 3.05) is 12.8 Å². The van der Waals surface area contributed by atoms with Crippen molar-refractivity contribution >= 4 is 10.0 Å². The number of hydrogen-bond acceptors (Lipinski definition) is 6. The number of unbranched alkanes of at least 4 members (excludes halogenated alkanes) is 2. The van der Waals surface area contributed by atoms with Crippen molar-refractivity contribution in [3.8, 4) is 28.7 Å². The van der Waals surface area contributed by atoms with Gasteiger partial charge in [0.1, 0.15) is 0 Å². The van der Waals surface area contributed by atoms with Crippen LogP contribution in [0, 0.1) is 18.3 Å². The van der Waals surface area contributed by atoms with Gasteiger partial charge in [-0.25, -0.2) is 22.6 Å². The number of nitrogens with one attached hydrogen (secondary N) is 1. The Labute approximate surface area is 239 Å². The lowest BCUT2D eigenvalue weighted by atomic mass is 10.1. The van der Waals surface area contributed by atoms with Crippen LogP contribution in [0.2, 0.25) is 0 Å². The summed E-state index contributed by atoms with van der Waals surface area (Å²) in [6.07, 6.45) is -0.901. The molecule has 0 bridgehead atoms. The molecule has 2 heterocycles. The number of sulfonamides is 1. The van der Waals surface area contributed by atoms with Gasteiger partial charge in [0.25, 0.3) is 5.56 Å². The van der Waals surface area contributed by atoms with Gasteiger partial charge < -0.3 is 0 Å². The molecule has 0 aliphatic rings. The van der Waals surface area contributed by atoms with Crippen molar-refractivity contribution in [1.82, 2.24) is 23.6 Å². The molecule has 10 nitrogen and oxygen atoms in total. The first-order valence-corrected chi connectivity index (χ1v) is 14.7. The van der Waals surface area contributed by atoms with Crippen LogP contribution in [-0.2, 0) is 22.7 Å². The third-order valence-electron chi connectivity index (χ3n) is 6.57. The van der Waals surface area contributed by atoms with Gasteiger partial charge in [0.15, 0.2) is 0 Å². The van der Waals surface area contributed by atoms with Gasteiger partial charge in [0.2, 0.25) is 10.0 Å². The van der Waals surface area contributed by atoms with Crippen LogP contribution in [0.5, 0.6) is 0 Å². The molecule has 2 aromatic carbocycles. The fraction of sp³-hybridized carbons (Fsp3) is 0.286. The van der Waals surface area contributed by atoms with E-state index in [1.165, 1.54) is 29.9 Å².